The smallest absolute Gasteiger partial charge is 0.0628 e. The molecule has 0 N–H and O–H groups in total. The maximum atomic E-state index is 5.69. The number of piperidine rings is 1. The Morgan fingerprint density at radius 3 is 3.07 bits per heavy atom. The largest absolute Gasteiger partial charge is 0.378 e. The summed E-state index contributed by atoms with van der Waals surface area (Å²) in [5.41, 5.74) is 0. The first-order valence-electron chi connectivity index (χ1n) is 6.21. The summed E-state index contributed by atoms with van der Waals surface area (Å²) in [5.74, 6) is 0.790. The van der Waals surface area contributed by atoms with Crippen LogP contribution in [0.25, 0.3) is 0 Å². The summed E-state index contributed by atoms with van der Waals surface area (Å²) in [6.07, 6.45) is 3.39. The van der Waals surface area contributed by atoms with Gasteiger partial charge in [-0.25, -0.2) is 0 Å². The summed E-state index contributed by atoms with van der Waals surface area (Å²) in [7, 11) is 0. The van der Waals surface area contributed by atoms with Crippen LogP contribution in [0.15, 0.2) is 0 Å². The lowest BCUT2D eigenvalue weighted by Gasteiger charge is -2.34. The van der Waals surface area contributed by atoms with Crippen molar-refractivity contribution in [1.29, 1.82) is 0 Å². The number of nitrogens with zero attached hydrogens (tertiary/aromatic N) is 1. The second kappa shape index (κ2) is 5.28. The van der Waals surface area contributed by atoms with Crippen molar-refractivity contribution in [3.63, 3.8) is 0 Å². The van der Waals surface area contributed by atoms with Crippen LogP contribution in [0.5, 0.6) is 0 Å². The minimum absolute atomic E-state index is 0.359. The van der Waals surface area contributed by atoms with Crippen molar-refractivity contribution in [1.82, 2.24) is 4.90 Å². The van der Waals surface area contributed by atoms with Crippen molar-refractivity contribution in [2.24, 2.45) is 5.92 Å². The molecule has 0 aromatic rings. The third-order valence-corrected chi connectivity index (χ3v) is 3.43. The zero-order chi connectivity index (χ0) is 10.7. The highest BCUT2D eigenvalue weighted by Gasteiger charge is 2.33. The first-order chi connectivity index (χ1) is 7.25. The van der Waals surface area contributed by atoms with E-state index in [1.165, 1.54) is 25.9 Å². The van der Waals surface area contributed by atoms with Crippen molar-refractivity contribution < 1.29 is 9.47 Å². The van der Waals surface area contributed by atoms with Gasteiger partial charge in [0.2, 0.25) is 0 Å². The zero-order valence-corrected chi connectivity index (χ0v) is 9.95. The fourth-order valence-corrected chi connectivity index (χ4v) is 2.57. The van der Waals surface area contributed by atoms with Gasteiger partial charge in [0.1, 0.15) is 0 Å². The molecule has 2 fully saturated rings. The number of likely N-dealkylation sites (tertiary alicyclic amines) is 1. The van der Waals surface area contributed by atoms with E-state index >= 15 is 0 Å². The molecule has 0 aromatic heterocycles. The summed E-state index contributed by atoms with van der Waals surface area (Å²) in [6.45, 7) is 9.52. The SMILES string of the molecule is CC(C)OCCN1CCC2OCCC2C1. The topological polar surface area (TPSA) is 21.7 Å². The van der Waals surface area contributed by atoms with Crippen LogP contribution >= 0.6 is 0 Å². The number of fused-ring (bicyclic) bond motifs is 1. The van der Waals surface area contributed by atoms with E-state index in [4.69, 9.17) is 9.47 Å². The van der Waals surface area contributed by atoms with Gasteiger partial charge < -0.3 is 14.4 Å². The van der Waals surface area contributed by atoms with Gasteiger partial charge >= 0.3 is 0 Å². The number of hydrogen-bond donors (Lipinski definition) is 0. The molecule has 2 aliphatic rings. The number of rotatable bonds is 4. The van der Waals surface area contributed by atoms with Crippen LogP contribution in [0, 0.1) is 5.92 Å². The van der Waals surface area contributed by atoms with E-state index in [1.54, 1.807) is 0 Å². The maximum absolute atomic E-state index is 5.69. The maximum Gasteiger partial charge on any atom is 0.0628 e. The van der Waals surface area contributed by atoms with Gasteiger partial charge in [-0.3, -0.25) is 0 Å². The van der Waals surface area contributed by atoms with Crippen LogP contribution in [0.3, 0.4) is 0 Å². The molecule has 3 heteroatoms. The van der Waals surface area contributed by atoms with E-state index < -0.39 is 0 Å². The standard InChI is InChI=1S/C12H23NO2/c1-10(2)14-8-6-13-5-3-12-11(9-13)4-7-15-12/h10-12H,3-9H2,1-2H3. The highest BCUT2D eigenvalue weighted by atomic mass is 16.5. The summed E-state index contributed by atoms with van der Waals surface area (Å²) >= 11 is 0. The van der Waals surface area contributed by atoms with E-state index in [0.29, 0.717) is 12.2 Å². The molecule has 88 valence electrons. The zero-order valence-electron chi connectivity index (χ0n) is 9.95. The summed E-state index contributed by atoms with van der Waals surface area (Å²) in [6, 6.07) is 0. The van der Waals surface area contributed by atoms with Gasteiger partial charge in [-0.2, -0.15) is 0 Å². The Hall–Kier alpha value is -0.120. The predicted octanol–water partition coefficient (Wildman–Crippen LogP) is 1.52. The second-order valence-electron chi connectivity index (χ2n) is 4.97. The molecule has 0 aliphatic carbocycles. The van der Waals surface area contributed by atoms with Crippen molar-refractivity contribution in [3.8, 4) is 0 Å². The van der Waals surface area contributed by atoms with Gasteiger partial charge in [0.25, 0.3) is 0 Å². The highest BCUT2D eigenvalue weighted by molar-refractivity contribution is 4.84. The molecule has 0 saturated carbocycles. The lowest BCUT2D eigenvalue weighted by atomic mass is 9.94. The van der Waals surface area contributed by atoms with Gasteiger partial charge in [-0.1, -0.05) is 0 Å². The Morgan fingerprint density at radius 1 is 1.40 bits per heavy atom. The van der Waals surface area contributed by atoms with Crippen molar-refractivity contribution in [3.05, 3.63) is 0 Å². The predicted molar refractivity (Wildman–Crippen MR) is 60.0 cm³/mol. The minimum Gasteiger partial charge on any atom is -0.378 e. The van der Waals surface area contributed by atoms with Crippen molar-refractivity contribution >= 4 is 0 Å². The molecule has 2 atom stereocenters. The molecule has 3 nitrogen and oxygen atoms in total. The Labute approximate surface area is 92.7 Å². The molecular formula is C12H23NO2. The van der Waals surface area contributed by atoms with E-state index in [1.807, 2.05) is 0 Å². The summed E-state index contributed by atoms with van der Waals surface area (Å²) in [4.78, 5) is 2.53. The quantitative estimate of drug-likeness (QED) is 0.707. The fraction of sp³-hybridized carbons (Fsp3) is 1.00. The molecule has 2 saturated heterocycles. The third-order valence-electron chi connectivity index (χ3n) is 3.43. The molecule has 2 heterocycles. The van der Waals surface area contributed by atoms with Gasteiger partial charge in [0.05, 0.1) is 18.8 Å². The van der Waals surface area contributed by atoms with Crippen LogP contribution in [0.1, 0.15) is 26.7 Å². The molecule has 0 spiro atoms. The number of ether oxygens (including phenoxy) is 2. The molecule has 0 aromatic carbocycles. The Balaban J connectivity index is 1.66. The Morgan fingerprint density at radius 2 is 2.27 bits per heavy atom. The van der Waals surface area contributed by atoms with Gasteiger partial charge in [0.15, 0.2) is 0 Å². The lowest BCUT2D eigenvalue weighted by Crippen LogP contribution is -2.42. The summed E-state index contributed by atoms with van der Waals surface area (Å²) in [5, 5.41) is 0. The Kier molecular flexibility index (Phi) is 4.00. The molecule has 0 amide bonds. The molecular weight excluding hydrogens is 190 g/mol. The first-order valence-corrected chi connectivity index (χ1v) is 6.21. The molecule has 2 aliphatic heterocycles. The van der Waals surface area contributed by atoms with E-state index in [9.17, 15) is 0 Å². The van der Waals surface area contributed by atoms with Crippen molar-refractivity contribution in [2.45, 2.75) is 38.9 Å². The number of hydrogen-bond acceptors (Lipinski definition) is 3. The van der Waals surface area contributed by atoms with Gasteiger partial charge in [-0.05, 0) is 26.7 Å². The van der Waals surface area contributed by atoms with E-state index in [0.717, 1.165) is 25.7 Å². The highest BCUT2D eigenvalue weighted by Crippen LogP contribution is 2.28. The average molecular weight is 213 g/mol. The minimum atomic E-state index is 0.359. The van der Waals surface area contributed by atoms with E-state index in [-0.39, 0.29) is 0 Å². The molecule has 2 unspecified atom stereocenters. The average Bonchev–Trinajstić information content (AvgIpc) is 2.64. The van der Waals surface area contributed by atoms with Gasteiger partial charge in [0, 0.05) is 32.2 Å². The van der Waals surface area contributed by atoms with Crippen LogP contribution in [0.2, 0.25) is 0 Å². The summed E-state index contributed by atoms with van der Waals surface area (Å²) < 4.78 is 11.3. The third kappa shape index (κ3) is 3.16. The van der Waals surface area contributed by atoms with Crippen LogP contribution in [-0.4, -0.2) is 50.0 Å². The van der Waals surface area contributed by atoms with Crippen LogP contribution < -0.4 is 0 Å². The second-order valence-corrected chi connectivity index (χ2v) is 4.97. The first kappa shape index (κ1) is 11.4. The molecule has 15 heavy (non-hydrogen) atoms. The molecule has 2 rings (SSSR count). The van der Waals surface area contributed by atoms with Gasteiger partial charge in [-0.15, -0.1) is 0 Å². The lowest BCUT2D eigenvalue weighted by molar-refractivity contribution is 0.0136. The van der Waals surface area contributed by atoms with E-state index in [2.05, 4.69) is 18.7 Å². The van der Waals surface area contributed by atoms with Crippen LogP contribution in [0.4, 0.5) is 0 Å². The molecule has 0 radical (unpaired) electrons. The fourth-order valence-electron chi connectivity index (χ4n) is 2.57. The normalized spacial score (nSPS) is 32.2. The molecule has 0 bridgehead atoms. The van der Waals surface area contributed by atoms with Crippen LogP contribution in [-0.2, 0) is 9.47 Å². The van der Waals surface area contributed by atoms with Crippen molar-refractivity contribution in [2.75, 3.05) is 32.8 Å². The monoisotopic (exact) mass is 213 g/mol. The Bertz CT molecular complexity index is 196.